The highest BCUT2D eigenvalue weighted by atomic mass is 79.9. The van der Waals surface area contributed by atoms with Gasteiger partial charge in [-0.3, -0.25) is 9.48 Å². The molecule has 33 heavy (non-hydrogen) atoms. The molecular formula is C24H17BrCl2FN3O2. The molecular weight excluding hydrogens is 532 g/mol. The molecule has 0 aliphatic heterocycles. The van der Waals surface area contributed by atoms with Crippen molar-refractivity contribution in [3.05, 3.63) is 110 Å². The summed E-state index contributed by atoms with van der Waals surface area (Å²) in [6, 6.07) is 18.1. The number of carbonyl (C=O) groups excluding carboxylic acids is 1. The molecule has 4 rings (SSSR count). The van der Waals surface area contributed by atoms with E-state index in [1.807, 2.05) is 6.07 Å². The molecule has 0 saturated heterocycles. The van der Waals surface area contributed by atoms with Gasteiger partial charge in [-0.1, -0.05) is 41.4 Å². The van der Waals surface area contributed by atoms with E-state index < -0.39 is 0 Å². The van der Waals surface area contributed by atoms with Crippen LogP contribution >= 0.6 is 39.1 Å². The number of anilines is 1. The summed E-state index contributed by atoms with van der Waals surface area (Å²) >= 11 is 15.6. The molecule has 0 atom stereocenters. The SMILES string of the molecule is O=C(Nc1nn(Cc2ccc(Cl)cc2Cl)cc1Br)c1ccc(COc2ccc(F)cc2)cc1. The van der Waals surface area contributed by atoms with E-state index >= 15 is 0 Å². The molecule has 4 aromatic rings. The summed E-state index contributed by atoms with van der Waals surface area (Å²) in [4.78, 5) is 12.7. The molecule has 0 radical (unpaired) electrons. The maximum atomic E-state index is 13.0. The number of ether oxygens (including phenoxy) is 1. The minimum Gasteiger partial charge on any atom is -0.489 e. The highest BCUT2D eigenvalue weighted by molar-refractivity contribution is 9.10. The summed E-state index contributed by atoms with van der Waals surface area (Å²) in [6.45, 7) is 0.726. The predicted molar refractivity (Wildman–Crippen MR) is 131 cm³/mol. The summed E-state index contributed by atoms with van der Waals surface area (Å²) in [5.41, 5.74) is 2.20. The lowest BCUT2D eigenvalue weighted by Gasteiger charge is -2.08. The molecule has 168 valence electrons. The number of aromatic nitrogens is 2. The maximum absolute atomic E-state index is 13.0. The molecule has 0 bridgehead atoms. The van der Waals surface area contributed by atoms with E-state index in [0.717, 1.165) is 11.1 Å². The van der Waals surface area contributed by atoms with Crippen molar-refractivity contribution in [1.82, 2.24) is 9.78 Å². The van der Waals surface area contributed by atoms with Crippen molar-refractivity contribution in [2.75, 3.05) is 5.32 Å². The number of carbonyl (C=O) groups is 1. The lowest BCUT2D eigenvalue weighted by molar-refractivity contribution is 0.102. The molecule has 0 aliphatic carbocycles. The van der Waals surface area contributed by atoms with E-state index in [1.54, 1.807) is 59.4 Å². The monoisotopic (exact) mass is 547 g/mol. The van der Waals surface area contributed by atoms with Crippen LogP contribution < -0.4 is 10.1 Å². The fourth-order valence-electron chi connectivity index (χ4n) is 3.02. The Bertz CT molecular complexity index is 1280. The fourth-order valence-corrected chi connectivity index (χ4v) is 3.90. The molecule has 1 amide bonds. The lowest BCUT2D eigenvalue weighted by Crippen LogP contribution is -2.13. The van der Waals surface area contributed by atoms with Gasteiger partial charge in [0, 0.05) is 21.8 Å². The van der Waals surface area contributed by atoms with Gasteiger partial charge in [-0.15, -0.1) is 0 Å². The molecule has 5 nitrogen and oxygen atoms in total. The van der Waals surface area contributed by atoms with Crippen LogP contribution in [0.5, 0.6) is 5.75 Å². The van der Waals surface area contributed by atoms with Crippen LogP contribution in [-0.4, -0.2) is 15.7 Å². The number of hydrogen-bond acceptors (Lipinski definition) is 3. The molecule has 0 aliphatic rings. The van der Waals surface area contributed by atoms with Crippen molar-refractivity contribution < 1.29 is 13.9 Å². The Hall–Kier alpha value is -2.87. The summed E-state index contributed by atoms with van der Waals surface area (Å²) in [6.07, 6.45) is 1.76. The topological polar surface area (TPSA) is 56.2 Å². The summed E-state index contributed by atoms with van der Waals surface area (Å²) in [5.74, 6) is 0.354. The maximum Gasteiger partial charge on any atom is 0.256 e. The molecule has 1 aromatic heterocycles. The number of hydrogen-bond donors (Lipinski definition) is 1. The molecule has 1 N–H and O–H groups in total. The van der Waals surface area contributed by atoms with Crippen LogP contribution in [0.2, 0.25) is 10.0 Å². The van der Waals surface area contributed by atoms with Crippen molar-refractivity contribution in [3.63, 3.8) is 0 Å². The van der Waals surface area contributed by atoms with Gasteiger partial charge in [-0.05, 0) is 75.6 Å². The van der Waals surface area contributed by atoms with Gasteiger partial charge < -0.3 is 10.1 Å². The van der Waals surface area contributed by atoms with Crippen molar-refractivity contribution in [2.24, 2.45) is 0 Å². The average Bonchev–Trinajstić information content (AvgIpc) is 3.14. The number of nitrogens with zero attached hydrogens (tertiary/aromatic N) is 2. The average molecular weight is 549 g/mol. The first-order valence-corrected chi connectivity index (χ1v) is 11.4. The highest BCUT2D eigenvalue weighted by Gasteiger charge is 2.13. The first-order valence-electron chi connectivity index (χ1n) is 9.83. The van der Waals surface area contributed by atoms with E-state index in [4.69, 9.17) is 27.9 Å². The zero-order chi connectivity index (χ0) is 23.4. The minimum absolute atomic E-state index is 0.295. The second-order valence-corrected chi connectivity index (χ2v) is 8.85. The molecule has 1 heterocycles. The zero-order valence-electron chi connectivity index (χ0n) is 17.1. The van der Waals surface area contributed by atoms with Crippen molar-refractivity contribution in [2.45, 2.75) is 13.2 Å². The summed E-state index contributed by atoms with van der Waals surface area (Å²) in [7, 11) is 0. The molecule has 0 fully saturated rings. The quantitative estimate of drug-likeness (QED) is 0.271. The van der Waals surface area contributed by atoms with Gasteiger partial charge >= 0.3 is 0 Å². The Kier molecular flexibility index (Phi) is 7.33. The summed E-state index contributed by atoms with van der Waals surface area (Å²) < 4.78 is 20.9. The van der Waals surface area contributed by atoms with E-state index in [2.05, 4.69) is 26.3 Å². The first-order chi connectivity index (χ1) is 15.9. The normalized spacial score (nSPS) is 10.8. The standard InChI is InChI=1S/C24H17BrCl2FN3O2/c25-21-13-31(12-17-5-6-18(26)11-22(17)27)30-23(21)29-24(32)16-3-1-15(2-4-16)14-33-20-9-7-19(28)8-10-20/h1-11,13H,12,14H2,(H,29,30,32). The van der Waals surface area contributed by atoms with Crippen LogP contribution in [0.1, 0.15) is 21.5 Å². The smallest absolute Gasteiger partial charge is 0.256 e. The molecule has 0 unspecified atom stereocenters. The van der Waals surface area contributed by atoms with Gasteiger partial charge in [0.1, 0.15) is 18.2 Å². The van der Waals surface area contributed by atoms with E-state index in [1.165, 1.54) is 12.1 Å². The highest BCUT2D eigenvalue weighted by Crippen LogP contribution is 2.25. The van der Waals surface area contributed by atoms with Crippen molar-refractivity contribution >= 4 is 50.9 Å². The lowest BCUT2D eigenvalue weighted by atomic mass is 10.1. The predicted octanol–water partition coefficient (Wildman–Crippen LogP) is 6.97. The fraction of sp³-hybridized carbons (Fsp3) is 0.0833. The van der Waals surface area contributed by atoms with Gasteiger partial charge in [0.15, 0.2) is 5.82 Å². The van der Waals surface area contributed by atoms with Crippen LogP contribution in [0, 0.1) is 5.82 Å². The minimum atomic E-state index is -0.317. The van der Waals surface area contributed by atoms with Gasteiger partial charge in [0.25, 0.3) is 5.91 Å². The van der Waals surface area contributed by atoms with Crippen LogP contribution in [-0.2, 0) is 13.2 Å². The number of benzene rings is 3. The van der Waals surface area contributed by atoms with Crippen LogP contribution in [0.3, 0.4) is 0 Å². The van der Waals surface area contributed by atoms with E-state index in [-0.39, 0.29) is 11.7 Å². The molecule has 3 aromatic carbocycles. The first kappa shape index (κ1) is 23.3. The van der Waals surface area contributed by atoms with Gasteiger partial charge in [0.05, 0.1) is 11.0 Å². The third-order valence-electron chi connectivity index (χ3n) is 4.73. The third kappa shape index (κ3) is 6.13. The Morgan fingerprint density at radius 1 is 1.06 bits per heavy atom. The Balaban J connectivity index is 1.37. The Morgan fingerprint density at radius 3 is 2.48 bits per heavy atom. The summed E-state index contributed by atoms with van der Waals surface area (Å²) in [5, 5.41) is 8.33. The third-order valence-corrected chi connectivity index (χ3v) is 5.90. The molecule has 9 heteroatoms. The van der Waals surface area contributed by atoms with Crippen molar-refractivity contribution in [3.8, 4) is 5.75 Å². The van der Waals surface area contributed by atoms with E-state index in [0.29, 0.717) is 44.8 Å². The number of halogens is 4. The van der Waals surface area contributed by atoms with Crippen LogP contribution in [0.25, 0.3) is 0 Å². The molecule has 0 saturated carbocycles. The zero-order valence-corrected chi connectivity index (χ0v) is 20.2. The second kappa shape index (κ2) is 10.4. The van der Waals surface area contributed by atoms with E-state index in [9.17, 15) is 9.18 Å². The molecule has 0 spiro atoms. The Labute approximate surface area is 208 Å². The van der Waals surface area contributed by atoms with Gasteiger partial charge in [-0.25, -0.2) is 4.39 Å². The van der Waals surface area contributed by atoms with Crippen molar-refractivity contribution in [1.29, 1.82) is 0 Å². The van der Waals surface area contributed by atoms with Crippen LogP contribution in [0.15, 0.2) is 77.4 Å². The van der Waals surface area contributed by atoms with Gasteiger partial charge in [0.2, 0.25) is 0 Å². The number of amides is 1. The largest absolute Gasteiger partial charge is 0.489 e. The Morgan fingerprint density at radius 2 is 1.79 bits per heavy atom. The van der Waals surface area contributed by atoms with Crippen LogP contribution in [0.4, 0.5) is 10.2 Å². The second-order valence-electron chi connectivity index (χ2n) is 7.15. The number of nitrogens with one attached hydrogen (secondary N) is 1. The number of rotatable bonds is 7. The van der Waals surface area contributed by atoms with Gasteiger partial charge in [-0.2, -0.15) is 5.10 Å².